The third-order valence-electron chi connectivity index (χ3n) is 8.33. The highest BCUT2D eigenvalue weighted by molar-refractivity contribution is 5.94. The van der Waals surface area contributed by atoms with Crippen molar-refractivity contribution in [2.24, 2.45) is 0 Å². The molecule has 0 aliphatic carbocycles. The molecule has 2 saturated heterocycles. The summed E-state index contributed by atoms with van der Waals surface area (Å²) in [6, 6.07) is 20.8. The second kappa shape index (κ2) is 11.3. The number of urea groups is 1. The first-order valence-electron chi connectivity index (χ1n) is 14.2. The number of rotatable bonds is 6. The Morgan fingerprint density at radius 3 is 2.44 bits per heavy atom. The van der Waals surface area contributed by atoms with Crippen LogP contribution in [0, 0.1) is 0 Å². The number of aromatic nitrogens is 1. The number of hydrazine groups is 1. The van der Waals surface area contributed by atoms with Crippen LogP contribution in [0.3, 0.4) is 0 Å². The lowest BCUT2D eigenvalue weighted by molar-refractivity contribution is -0.197. The standard InChI is InChI=1S/C32H32N6O5/c1-20-30-37(26(16-28(40)41)31(42)36(20)18-24-12-6-10-22-13-7-15-33-29(22)24)27(39)19-35(2)38(30)32(43)34-17-23-11-5-9-21-8-3-4-14-25(21)23/h3-15,20,26,30H,16-19H2,1-2H3,(H,34,43)(H,40,41)/t20-,26-,30-/m0/s1. The third-order valence-corrected chi connectivity index (χ3v) is 8.33. The van der Waals surface area contributed by atoms with Crippen molar-refractivity contribution < 1.29 is 24.3 Å². The Balaban J connectivity index is 1.34. The van der Waals surface area contributed by atoms with Gasteiger partial charge < -0.3 is 20.2 Å². The molecule has 220 valence electrons. The number of likely N-dealkylation sites (N-methyl/N-ethyl adjacent to an activating group) is 1. The molecule has 2 aliphatic rings. The Bertz CT molecular complexity index is 1730. The fourth-order valence-corrected chi connectivity index (χ4v) is 6.31. The number of pyridine rings is 1. The minimum Gasteiger partial charge on any atom is -0.481 e. The molecule has 2 N–H and O–H groups in total. The van der Waals surface area contributed by atoms with Crippen LogP contribution < -0.4 is 5.32 Å². The van der Waals surface area contributed by atoms with Gasteiger partial charge in [0.2, 0.25) is 11.8 Å². The predicted octanol–water partition coefficient (Wildman–Crippen LogP) is 3.19. The zero-order chi connectivity index (χ0) is 30.2. The largest absolute Gasteiger partial charge is 0.481 e. The quantitative estimate of drug-likeness (QED) is 0.359. The number of para-hydroxylation sites is 1. The second-order valence-corrected chi connectivity index (χ2v) is 11.0. The van der Waals surface area contributed by atoms with Crippen LogP contribution >= 0.6 is 0 Å². The summed E-state index contributed by atoms with van der Waals surface area (Å²) >= 11 is 0. The maximum atomic E-state index is 13.9. The average Bonchev–Trinajstić information content (AvgIpc) is 3.00. The summed E-state index contributed by atoms with van der Waals surface area (Å²) in [5.41, 5.74) is 2.44. The topological polar surface area (TPSA) is 126 Å². The molecule has 0 unspecified atom stereocenters. The normalized spacial score (nSPS) is 20.9. The van der Waals surface area contributed by atoms with Gasteiger partial charge >= 0.3 is 12.0 Å². The number of carbonyl (C=O) groups excluding carboxylic acids is 3. The number of aliphatic carboxylic acids is 1. The molecule has 3 aromatic carbocycles. The molecule has 3 atom stereocenters. The van der Waals surface area contributed by atoms with E-state index >= 15 is 0 Å². The molecule has 11 heteroatoms. The van der Waals surface area contributed by atoms with Crippen LogP contribution in [-0.2, 0) is 27.5 Å². The fraction of sp³-hybridized carbons (Fsp3) is 0.281. The first-order chi connectivity index (χ1) is 20.7. The van der Waals surface area contributed by atoms with Gasteiger partial charge in [-0.3, -0.25) is 19.4 Å². The van der Waals surface area contributed by atoms with Crippen molar-refractivity contribution in [3.8, 4) is 0 Å². The van der Waals surface area contributed by atoms with E-state index < -0.39 is 48.5 Å². The van der Waals surface area contributed by atoms with Crippen molar-refractivity contribution in [3.05, 3.63) is 90.1 Å². The third kappa shape index (κ3) is 5.12. The maximum Gasteiger partial charge on any atom is 0.334 e. The molecule has 0 radical (unpaired) electrons. The molecule has 2 fully saturated rings. The predicted molar refractivity (Wildman–Crippen MR) is 159 cm³/mol. The highest BCUT2D eigenvalue weighted by Gasteiger charge is 2.54. The van der Waals surface area contributed by atoms with Gasteiger partial charge in [-0.2, -0.15) is 0 Å². The van der Waals surface area contributed by atoms with E-state index in [1.54, 1.807) is 25.1 Å². The molecule has 4 amide bonds. The van der Waals surface area contributed by atoms with E-state index in [4.69, 9.17) is 0 Å². The number of carboxylic acids is 1. The number of carbonyl (C=O) groups is 4. The highest BCUT2D eigenvalue weighted by atomic mass is 16.4. The Hall–Kier alpha value is -5.03. The van der Waals surface area contributed by atoms with Gasteiger partial charge in [0.25, 0.3) is 0 Å². The Morgan fingerprint density at radius 2 is 1.65 bits per heavy atom. The number of hydrogen-bond acceptors (Lipinski definition) is 6. The summed E-state index contributed by atoms with van der Waals surface area (Å²) in [6.45, 7) is 1.98. The number of piperazine rings is 1. The molecule has 1 aromatic heterocycles. The summed E-state index contributed by atoms with van der Waals surface area (Å²) < 4.78 is 0. The van der Waals surface area contributed by atoms with Crippen LogP contribution in [0.2, 0.25) is 0 Å². The molecule has 4 aromatic rings. The van der Waals surface area contributed by atoms with Gasteiger partial charge in [0.05, 0.1) is 24.5 Å². The Morgan fingerprint density at radius 1 is 0.953 bits per heavy atom. The SMILES string of the molecule is C[C@H]1[C@H]2N(C(=O)CN(C)N2C(=O)NCc2cccc3ccccc23)[C@@H](CC(=O)O)C(=O)N1Cc1cccc2cccnc12. The highest BCUT2D eigenvalue weighted by Crippen LogP contribution is 2.33. The Labute approximate surface area is 248 Å². The molecule has 3 heterocycles. The van der Waals surface area contributed by atoms with Gasteiger partial charge in [0.15, 0.2) is 0 Å². The molecule has 0 saturated carbocycles. The van der Waals surface area contributed by atoms with E-state index in [2.05, 4.69) is 10.3 Å². The van der Waals surface area contributed by atoms with Crippen LogP contribution in [0.5, 0.6) is 0 Å². The van der Waals surface area contributed by atoms with Crippen molar-refractivity contribution in [2.45, 2.75) is 44.7 Å². The van der Waals surface area contributed by atoms with Crippen LogP contribution in [0.4, 0.5) is 4.79 Å². The summed E-state index contributed by atoms with van der Waals surface area (Å²) in [4.78, 5) is 60.5. The summed E-state index contributed by atoms with van der Waals surface area (Å²) in [5.74, 6) is -2.10. The summed E-state index contributed by atoms with van der Waals surface area (Å²) in [5, 5.41) is 18.7. The lowest BCUT2D eigenvalue weighted by Crippen LogP contribution is -2.78. The average molecular weight is 581 g/mol. The molecule has 11 nitrogen and oxygen atoms in total. The van der Waals surface area contributed by atoms with Gasteiger partial charge in [-0.05, 0) is 34.9 Å². The molecule has 0 bridgehead atoms. The zero-order valence-electron chi connectivity index (χ0n) is 23.9. The van der Waals surface area contributed by atoms with Crippen molar-refractivity contribution in [3.63, 3.8) is 0 Å². The Kier molecular flexibility index (Phi) is 7.41. The van der Waals surface area contributed by atoms with Crippen LogP contribution in [0.1, 0.15) is 24.5 Å². The van der Waals surface area contributed by atoms with E-state index in [0.717, 1.165) is 32.8 Å². The number of fused-ring (bicyclic) bond motifs is 3. The molecule has 6 rings (SSSR count). The van der Waals surface area contributed by atoms with E-state index in [-0.39, 0.29) is 19.6 Å². The molecular formula is C32H32N6O5. The number of nitrogens with one attached hydrogen (secondary N) is 1. The van der Waals surface area contributed by atoms with Gasteiger partial charge in [0.1, 0.15) is 12.2 Å². The minimum atomic E-state index is -1.27. The fourth-order valence-electron chi connectivity index (χ4n) is 6.31. The van der Waals surface area contributed by atoms with E-state index in [9.17, 15) is 24.3 Å². The van der Waals surface area contributed by atoms with Crippen molar-refractivity contribution in [1.82, 2.24) is 30.1 Å². The first-order valence-corrected chi connectivity index (χ1v) is 14.2. The number of nitrogens with zero attached hydrogens (tertiary/aromatic N) is 5. The molecular weight excluding hydrogens is 548 g/mol. The van der Waals surface area contributed by atoms with Gasteiger partial charge in [-0.15, -0.1) is 0 Å². The summed E-state index contributed by atoms with van der Waals surface area (Å²) in [7, 11) is 1.64. The smallest absolute Gasteiger partial charge is 0.334 e. The van der Waals surface area contributed by atoms with Crippen LogP contribution in [0.25, 0.3) is 21.7 Å². The van der Waals surface area contributed by atoms with Crippen molar-refractivity contribution in [1.29, 1.82) is 0 Å². The van der Waals surface area contributed by atoms with Crippen molar-refractivity contribution >= 4 is 45.5 Å². The molecule has 0 spiro atoms. The van der Waals surface area contributed by atoms with Gasteiger partial charge in [-0.1, -0.05) is 66.7 Å². The van der Waals surface area contributed by atoms with Gasteiger partial charge in [0, 0.05) is 31.7 Å². The van der Waals surface area contributed by atoms with E-state index in [1.165, 1.54) is 14.9 Å². The first kappa shape index (κ1) is 28.1. The monoisotopic (exact) mass is 580 g/mol. The van der Waals surface area contributed by atoms with E-state index in [0.29, 0.717) is 0 Å². The second-order valence-electron chi connectivity index (χ2n) is 11.0. The number of carboxylic acid groups (broad SMARTS) is 1. The zero-order valence-corrected chi connectivity index (χ0v) is 23.9. The number of benzene rings is 3. The van der Waals surface area contributed by atoms with Crippen molar-refractivity contribution in [2.75, 3.05) is 13.6 Å². The summed E-state index contributed by atoms with van der Waals surface area (Å²) in [6.07, 6.45) is 0.176. The number of hydrogen-bond donors (Lipinski definition) is 2. The van der Waals surface area contributed by atoms with Crippen LogP contribution in [0.15, 0.2) is 79.0 Å². The molecule has 2 aliphatic heterocycles. The van der Waals surface area contributed by atoms with Gasteiger partial charge in [-0.25, -0.2) is 14.8 Å². The maximum absolute atomic E-state index is 13.9. The molecule has 43 heavy (non-hydrogen) atoms. The van der Waals surface area contributed by atoms with E-state index in [1.807, 2.05) is 72.8 Å². The lowest BCUT2D eigenvalue weighted by Gasteiger charge is -2.57. The number of amides is 4. The van der Waals surface area contributed by atoms with Crippen LogP contribution in [-0.4, -0.2) is 85.6 Å². The lowest BCUT2D eigenvalue weighted by atomic mass is 9.97. The minimum absolute atomic E-state index is 0.137.